The highest BCUT2D eigenvalue weighted by molar-refractivity contribution is 7.89. The average Bonchev–Trinajstić information content (AvgIpc) is 2.36. The number of hydrogen-bond acceptors (Lipinski definition) is 4. The second kappa shape index (κ2) is 6.83. The van der Waals surface area contributed by atoms with Gasteiger partial charge in [0.25, 0.3) is 5.91 Å². The number of carbonyl (C=O) groups excluding carboxylic acids is 1. The first-order valence-corrected chi connectivity index (χ1v) is 7.77. The maximum absolute atomic E-state index is 12.2. The van der Waals surface area contributed by atoms with E-state index in [1.54, 1.807) is 12.1 Å². The Balaban J connectivity index is 2.96. The number of rotatable bonds is 6. The lowest BCUT2D eigenvalue weighted by Crippen LogP contribution is -2.46. The third-order valence-electron chi connectivity index (χ3n) is 2.76. The predicted octanol–water partition coefficient (Wildman–Crippen LogP) is 1.19. The molecule has 6 nitrogen and oxygen atoms in total. The standard InChI is InChI=1S/C13H20N2O4S/c1-9(2)8-12(13(16)14-17)15-20(18,19)11-6-4-10(3)5-7-11/h4-7,9,12,15,17H,8H2,1-3H3,(H,14,16)/t12-/m0/s1. The van der Waals surface area contributed by atoms with Crippen LogP contribution >= 0.6 is 0 Å². The van der Waals surface area contributed by atoms with E-state index in [0.29, 0.717) is 0 Å². The molecule has 0 bridgehead atoms. The highest BCUT2D eigenvalue weighted by Gasteiger charge is 2.26. The van der Waals surface area contributed by atoms with Crippen molar-refractivity contribution in [3.8, 4) is 0 Å². The molecule has 1 aromatic rings. The molecule has 1 rings (SSSR count). The zero-order valence-electron chi connectivity index (χ0n) is 11.8. The summed E-state index contributed by atoms with van der Waals surface area (Å²) in [6.45, 7) is 5.57. The Labute approximate surface area is 119 Å². The van der Waals surface area contributed by atoms with Gasteiger partial charge in [0, 0.05) is 0 Å². The molecule has 0 aliphatic rings. The molecule has 0 aliphatic heterocycles. The Hall–Kier alpha value is -1.44. The van der Waals surface area contributed by atoms with Crippen LogP contribution in [0.15, 0.2) is 29.2 Å². The Bertz CT molecular complexity index is 552. The largest absolute Gasteiger partial charge is 0.289 e. The van der Waals surface area contributed by atoms with Crippen molar-refractivity contribution in [2.45, 2.75) is 38.1 Å². The fourth-order valence-corrected chi connectivity index (χ4v) is 2.94. The number of sulfonamides is 1. The van der Waals surface area contributed by atoms with E-state index in [0.717, 1.165) is 5.56 Å². The van der Waals surface area contributed by atoms with Crippen LogP contribution in [0.3, 0.4) is 0 Å². The average molecular weight is 300 g/mol. The van der Waals surface area contributed by atoms with E-state index in [1.807, 2.05) is 20.8 Å². The number of benzene rings is 1. The maximum atomic E-state index is 12.2. The lowest BCUT2D eigenvalue weighted by Gasteiger charge is -2.18. The Morgan fingerprint density at radius 1 is 1.25 bits per heavy atom. The molecule has 1 aromatic carbocycles. The molecule has 0 saturated heterocycles. The number of nitrogens with one attached hydrogen (secondary N) is 2. The highest BCUT2D eigenvalue weighted by atomic mass is 32.2. The monoisotopic (exact) mass is 300 g/mol. The summed E-state index contributed by atoms with van der Waals surface area (Å²) in [5, 5.41) is 8.69. The zero-order chi connectivity index (χ0) is 15.3. The van der Waals surface area contributed by atoms with Gasteiger partial charge >= 0.3 is 0 Å². The van der Waals surface area contributed by atoms with Gasteiger partial charge in [-0.3, -0.25) is 10.0 Å². The van der Waals surface area contributed by atoms with Gasteiger partial charge in [-0.2, -0.15) is 4.72 Å². The number of hydrogen-bond donors (Lipinski definition) is 3. The van der Waals surface area contributed by atoms with Crippen molar-refractivity contribution in [1.29, 1.82) is 0 Å². The van der Waals surface area contributed by atoms with E-state index >= 15 is 0 Å². The van der Waals surface area contributed by atoms with E-state index in [-0.39, 0.29) is 17.2 Å². The van der Waals surface area contributed by atoms with Gasteiger partial charge in [-0.05, 0) is 31.4 Å². The van der Waals surface area contributed by atoms with Crippen LogP contribution in [0.2, 0.25) is 0 Å². The molecule has 0 heterocycles. The minimum Gasteiger partial charge on any atom is -0.289 e. The number of aryl methyl sites for hydroxylation is 1. The summed E-state index contributed by atoms with van der Waals surface area (Å²) in [6, 6.07) is 5.30. The lowest BCUT2D eigenvalue weighted by atomic mass is 10.0. The van der Waals surface area contributed by atoms with Crippen molar-refractivity contribution in [3.05, 3.63) is 29.8 Å². The fourth-order valence-electron chi connectivity index (χ4n) is 1.73. The predicted molar refractivity (Wildman–Crippen MR) is 74.7 cm³/mol. The van der Waals surface area contributed by atoms with Gasteiger partial charge in [0.1, 0.15) is 6.04 Å². The molecule has 3 N–H and O–H groups in total. The molecule has 0 aliphatic carbocycles. The van der Waals surface area contributed by atoms with Crippen LogP contribution < -0.4 is 10.2 Å². The van der Waals surface area contributed by atoms with Gasteiger partial charge in [-0.25, -0.2) is 13.9 Å². The van der Waals surface area contributed by atoms with E-state index in [9.17, 15) is 13.2 Å². The van der Waals surface area contributed by atoms with E-state index in [1.165, 1.54) is 17.6 Å². The highest BCUT2D eigenvalue weighted by Crippen LogP contribution is 2.13. The molecule has 0 saturated carbocycles. The quantitative estimate of drug-likeness (QED) is 0.543. The van der Waals surface area contributed by atoms with Crippen LogP contribution in [-0.4, -0.2) is 25.6 Å². The van der Waals surface area contributed by atoms with E-state index in [2.05, 4.69) is 4.72 Å². The van der Waals surface area contributed by atoms with Crippen LogP contribution in [0.1, 0.15) is 25.8 Å². The summed E-state index contributed by atoms with van der Waals surface area (Å²) in [6.07, 6.45) is 0.289. The van der Waals surface area contributed by atoms with Crippen molar-refractivity contribution in [2.24, 2.45) is 5.92 Å². The first kappa shape index (κ1) is 16.6. The molecule has 0 spiro atoms. The topological polar surface area (TPSA) is 95.5 Å². The molecule has 7 heteroatoms. The van der Waals surface area contributed by atoms with Crippen LogP contribution in [0.4, 0.5) is 0 Å². The maximum Gasteiger partial charge on any atom is 0.261 e. The molecule has 1 amide bonds. The molecule has 0 unspecified atom stereocenters. The minimum atomic E-state index is -3.80. The van der Waals surface area contributed by atoms with Crippen LogP contribution in [0.5, 0.6) is 0 Å². The third-order valence-corrected chi connectivity index (χ3v) is 4.25. The van der Waals surface area contributed by atoms with Crippen LogP contribution in [0, 0.1) is 12.8 Å². The van der Waals surface area contributed by atoms with Crippen molar-refractivity contribution >= 4 is 15.9 Å². The minimum absolute atomic E-state index is 0.0857. The van der Waals surface area contributed by atoms with E-state index in [4.69, 9.17) is 5.21 Å². The molecular formula is C13H20N2O4S. The van der Waals surface area contributed by atoms with Gasteiger partial charge in [-0.15, -0.1) is 0 Å². The summed E-state index contributed by atoms with van der Waals surface area (Å²) in [5.74, 6) is -0.674. The smallest absolute Gasteiger partial charge is 0.261 e. The van der Waals surface area contributed by atoms with Crippen LogP contribution in [0.25, 0.3) is 0 Å². The Morgan fingerprint density at radius 3 is 2.25 bits per heavy atom. The van der Waals surface area contributed by atoms with Gasteiger partial charge in [-0.1, -0.05) is 31.5 Å². The van der Waals surface area contributed by atoms with E-state index < -0.39 is 22.0 Å². The third kappa shape index (κ3) is 4.59. The normalized spacial score (nSPS) is 13.2. The fraction of sp³-hybridized carbons (Fsp3) is 0.462. The van der Waals surface area contributed by atoms with Gasteiger partial charge in [0.05, 0.1) is 4.90 Å². The summed E-state index contributed by atoms with van der Waals surface area (Å²) in [4.78, 5) is 11.6. The van der Waals surface area contributed by atoms with Crippen molar-refractivity contribution in [2.75, 3.05) is 0 Å². The summed E-state index contributed by atoms with van der Waals surface area (Å²) in [7, 11) is -3.80. The molecule has 0 aromatic heterocycles. The first-order valence-electron chi connectivity index (χ1n) is 6.29. The first-order chi connectivity index (χ1) is 9.26. The molecule has 0 radical (unpaired) electrons. The van der Waals surface area contributed by atoms with Gasteiger partial charge < -0.3 is 0 Å². The van der Waals surface area contributed by atoms with Crippen molar-refractivity contribution in [3.63, 3.8) is 0 Å². The number of amides is 1. The zero-order valence-corrected chi connectivity index (χ0v) is 12.6. The molecule has 1 atom stereocenters. The summed E-state index contributed by atoms with van der Waals surface area (Å²) < 4.78 is 26.7. The second-order valence-corrected chi connectivity index (χ2v) is 6.81. The Kier molecular flexibility index (Phi) is 5.67. The molecular weight excluding hydrogens is 280 g/mol. The SMILES string of the molecule is Cc1ccc(S(=O)(=O)N[C@@H](CC(C)C)C(=O)NO)cc1. The van der Waals surface area contributed by atoms with Crippen LogP contribution in [-0.2, 0) is 14.8 Å². The number of hydroxylamine groups is 1. The van der Waals surface area contributed by atoms with Gasteiger partial charge in [0.15, 0.2) is 0 Å². The Morgan fingerprint density at radius 2 is 1.80 bits per heavy atom. The van der Waals surface area contributed by atoms with Crippen molar-refractivity contribution < 1.29 is 18.4 Å². The molecule has 0 fully saturated rings. The summed E-state index contributed by atoms with van der Waals surface area (Å²) in [5.41, 5.74) is 2.43. The molecule has 20 heavy (non-hydrogen) atoms. The second-order valence-electron chi connectivity index (χ2n) is 5.09. The number of carbonyl (C=O) groups is 1. The molecule has 112 valence electrons. The summed E-state index contributed by atoms with van der Waals surface area (Å²) >= 11 is 0. The van der Waals surface area contributed by atoms with Gasteiger partial charge in [0.2, 0.25) is 10.0 Å². The van der Waals surface area contributed by atoms with Crippen molar-refractivity contribution in [1.82, 2.24) is 10.2 Å². The lowest BCUT2D eigenvalue weighted by molar-refractivity contribution is -0.131.